The number of esters is 1. The quantitative estimate of drug-likeness (QED) is 0.291. The first kappa shape index (κ1) is 26.2. The zero-order valence-electron chi connectivity index (χ0n) is 21.3. The Morgan fingerprint density at radius 1 is 1.28 bits per heavy atom. The van der Waals surface area contributed by atoms with E-state index in [9.17, 15) is 9.59 Å². The van der Waals surface area contributed by atoms with Crippen LogP contribution in [0.1, 0.15) is 65.5 Å². The first-order valence-electron chi connectivity index (χ1n) is 12.1. The third-order valence-electron chi connectivity index (χ3n) is 6.25. The molecule has 0 saturated heterocycles. The largest absolute Gasteiger partial charge is 0.483 e. The molecule has 0 bridgehead atoms. The van der Waals surface area contributed by atoms with Crippen molar-refractivity contribution in [2.24, 2.45) is 5.92 Å². The maximum Gasteiger partial charge on any atom is 0.341 e. The molecular formula is C26H32N4O4S2. The molecule has 1 aromatic carbocycles. The summed E-state index contributed by atoms with van der Waals surface area (Å²) in [6, 6.07) is 7.87. The van der Waals surface area contributed by atoms with E-state index in [0.29, 0.717) is 34.0 Å². The average molecular weight is 529 g/mol. The van der Waals surface area contributed by atoms with Crippen LogP contribution in [0.3, 0.4) is 0 Å². The van der Waals surface area contributed by atoms with Gasteiger partial charge in [0, 0.05) is 11.4 Å². The minimum atomic E-state index is -0.400. The second kappa shape index (κ2) is 11.5. The molecule has 10 heteroatoms. The predicted molar refractivity (Wildman–Crippen MR) is 142 cm³/mol. The average Bonchev–Trinajstić information content (AvgIpc) is 3.43. The molecule has 0 saturated carbocycles. The highest BCUT2D eigenvalue weighted by atomic mass is 32.2. The van der Waals surface area contributed by atoms with Gasteiger partial charge in [0.05, 0.1) is 18.4 Å². The van der Waals surface area contributed by atoms with Crippen molar-refractivity contribution in [2.45, 2.75) is 64.8 Å². The highest BCUT2D eigenvalue weighted by molar-refractivity contribution is 7.99. The van der Waals surface area contributed by atoms with E-state index >= 15 is 0 Å². The maximum absolute atomic E-state index is 12.9. The topological polar surface area (TPSA) is 95.3 Å². The summed E-state index contributed by atoms with van der Waals surface area (Å²) in [7, 11) is 1.37. The van der Waals surface area contributed by atoms with Gasteiger partial charge in [-0.3, -0.25) is 4.79 Å². The minimum absolute atomic E-state index is 0.144. The third kappa shape index (κ3) is 5.75. The van der Waals surface area contributed by atoms with Crippen LogP contribution < -0.4 is 10.1 Å². The summed E-state index contributed by atoms with van der Waals surface area (Å²) in [5, 5.41) is 12.8. The summed E-state index contributed by atoms with van der Waals surface area (Å²) in [4.78, 5) is 26.5. The highest BCUT2D eigenvalue weighted by Crippen LogP contribution is 2.40. The number of hydrogen-bond acceptors (Lipinski definition) is 8. The molecule has 1 N–H and O–H groups in total. The van der Waals surface area contributed by atoms with E-state index in [2.05, 4.69) is 22.4 Å². The highest BCUT2D eigenvalue weighted by Gasteiger charge is 2.29. The Labute approximate surface area is 219 Å². The summed E-state index contributed by atoms with van der Waals surface area (Å²) >= 11 is 2.80. The molecule has 4 rings (SSSR count). The summed E-state index contributed by atoms with van der Waals surface area (Å²) in [6.07, 6.45) is 2.47. The Bertz CT molecular complexity index is 1240. The van der Waals surface area contributed by atoms with Crippen molar-refractivity contribution in [1.29, 1.82) is 0 Å². The van der Waals surface area contributed by atoms with Crippen molar-refractivity contribution in [3.63, 3.8) is 0 Å². The molecule has 2 heterocycles. The number of carbonyl (C=O) groups excluding carboxylic acids is 2. The summed E-state index contributed by atoms with van der Waals surface area (Å²) < 4.78 is 13.0. The number of aromatic nitrogens is 3. The number of rotatable bonds is 9. The normalized spacial score (nSPS) is 15.8. The Balaban J connectivity index is 1.43. The van der Waals surface area contributed by atoms with Crippen LogP contribution in [0.2, 0.25) is 0 Å². The maximum atomic E-state index is 12.9. The number of hydrogen-bond donors (Lipinski definition) is 1. The Kier molecular flexibility index (Phi) is 8.35. The number of methoxy groups -OCH3 is 1. The number of anilines is 1. The number of thioether (sulfide) groups is 1. The number of aryl methyl sites for hydroxylation is 1. The SMILES string of the molecule is CCn1c(SCC(=O)Nc2sc3c(c2C(=O)OC)CCC(C)C3)nnc1C(C)Oc1ccc(C)cc1. The molecule has 36 heavy (non-hydrogen) atoms. The van der Waals surface area contributed by atoms with Gasteiger partial charge >= 0.3 is 5.97 Å². The molecule has 3 aromatic rings. The molecule has 1 aliphatic carbocycles. The van der Waals surface area contributed by atoms with Crippen molar-refractivity contribution >= 4 is 40.0 Å². The molecular weight excluding hydrogens is 496 g/mol. The van der Waals surface area contributed by atoms with Crippen molar-refractivity contribution in [2.75, 3.05) is 18.2 Å². The van der Waals surface area contributed by atoms with Gasteiger partial charge in [0.15, 0.2) is 17.1 Å². The second-order valence-electron chi connectivity index (χ2n) is 9.04. The van der Waals surface area contributed by atoms with Gasteiger partial charge in [-0.2, -0.15) is 0 Å². The number of benzene rings is 1. The Morgan fingerprint density at radius 2 is 2.03 bits per heavy atom. The second-order valence-corrected chi connectivity index (χ2v) is 11.1. The fourth-order valence-electron chi connectivity index (χ4n) is 4.33. The van der Waals surface area contributed by atoms with E-state index in [1.807, 2.05) is 49.6 Å². The van der Waals surface area contributed by atoms with E-state index < -0.39 is 5.97 Å². The third-order valence-corrected chi connectivity index (χ3v) is 8.38. The van der Waals surface area contributed by atoms with Gasteiger partial charge in [0.2, 0.25) is 5.91 Å². The smallest absolute Gasteiger partial charge is 0.341 e. The van der Waals surface area contributed by atoms with Crippen LogP contribution in [0.15, 0.2) is 29.4 Å². The molecule has 2 atom stereocenters. The van der Waals surface area contributed by atoms with Gasteiger partial charge in [-0.1, -0.05) is 36.4 Å². The number of fused-ring (bicyclic) bond motifs is 1. The van der Waals surface area contributed by atoms with Crippen molar-refractivity contribution in [3.05, 3.63) is 51.7 Å². The van der Waals surface area contributed by atoms with Crippen LogP contribution in [0.4, 0.5) is 5.00 Å². The summed E-state index contributed by atoms with van der Waals surface area (Å²) in [5.74, 6) is 1.57. The van der Waals surface area contributed by atoms with Crippen molar-refractivity contribution in [3.8, 4) is 5.75 Å². The molecule has 0 aliphatic heterocycles. The lowest BCUT2D eigenvalue weighted by atomic mass is 9.88. The number of ether oxygens (including phenoxy) is 2. The standard InChI is InChI=1S/C26H32N4O4S2/c1-6-30-23(17(4)34-18-10-7-15(2)8-11-18)28-29-26(30)35-14-21(31)27-24-22(25(32)33-5)19-12-9-16(3)13-20(19)36-24/h7-8,10-11,16-17H,6,9,12-14H2,1-5H3,(H,27,31). The van der Waals surface area contributed by atoms with Crippen LogP contribution in [-0.2, 0) is 28.9 Å². The van der Waals surface area contributed by atoms with Gasteiger partial charge < -0.3 is 19.4 Å². The summed E-state index contributed by atoms with van der Waals surface area (Å²) in [6.45, 7) is 8.83. The molecule has 0 fully saturated rings. The van der Waals surface area contributed by atoms with Crippen molar-refractivity contribution in [1.82, 2.24) is 14.8 Å². The lowest BCUT2D eigenvalue weighted by Gasteiger charge is -2.18. The number of thiophene rings is 1. The first-order valence-corrected chi connectivity index (χ1v) is 13.9. The molecule has 192 valence electrons. The van der Waals surface area contributed by atoms with Crippen LogP contribution >= 0.6 is 23.1 Å². The minimum Gasteiger partial charge on any atom is -0.483 e. The van der Waals surface area contributed by atoms with Gasteiger partial charge in [0.25, 0.3) is 0 Å². The predicted octanol–water partition coefficient (Wildman–Crippen LogP) is 5.45. The lowest BCUT2D eigenvalue weighted by Crippen LogP contribution is -2.17. The zero-order chi connectivity index (χ0) is 25.8. The number of nitrogens with zero attached hydrogens (tertiary/aromatic N) is 3. The lowest BCUT2D eigenvalue weighted by molar-refractivity contribution is -0.113. The van der Waals surface area contributed by atoms with Crippen molar-refractivity contribution < 1.29 is 19.1 Å². The molecule has 2 aromatic heterocycles. The van der Waals surface area contributed by atoms with Gasteiger partial charge in [-0.25, -0.2) is 4.79 Å². The first-order chi connectivity index (χ1) is 17.3. The molecule has 0 spiro atoms. The number of carbonyl (C=O) groups is 2. The van der Waals surface area contributed by atoms with Gasteiger partial charge in [-0.15, -0.1) is 21.5 Å². The Morgan fingerprint density at radius 3 is 2.72 bits per heavy atom. The Hall–Kier alpha value is -2.85. The molecule has 2 unspecified atom stereocenters. The van der Waals surface area contributed by atoms with E-state index in [1.54, 1.807) is 0 Å². The number of amides is 1. The van der Waals surface area contributed by atoms with E-state index in [1.165, 1.54) is 35.8 Å². The van der Waals surface area contributed by atoms with E-state index in [4.69, 9.17) is 9.47 Å². The molecule has 1 aliphatic rings. The number of nitrogens with one attached hydrogen (secondary N) is 1. The zero-order valence-corrected chi connectivity index (χ0v) is 22.9. The fraction of sp³-hybridized carbons (Fsp3) is 0.462. The fourth-order valence-corrected chi connectivity index (χ4v) is 6.55. The van der Waals surface area contributed by atoms with E-state index in [0.717, 1.165) is 35.5 Å². The van der Waals surface area contributed by atoms with Crippen LogP contribution in [0.25, 0.3) is 0 Å². The summed E-state index contributed by atoms with van der Waals surface area (Å²) in [5.41, 5.74) is 2.69. The van der Waals surface area contributed by atoms with Gasteiger partial charge in [0.1, 0.15) is 10.8 Å². The van der Waals surface area contributed by atoms with Crippen LogP contribution in [-0.4, -0.2) is 39.5 Å². The monoisotopic (exact) mass is 528 g/mol. The molecule has 0 radical (unpaired) electrons. The molecule has 1 amide bonds. The molecule has 8 nitrogen and oxygen atoms in total. The van der Waals surface area contributed by atoms with Crippen LogP contribution in [0.5, 0.6) is 5.75 Å². The van der Waals surface area contributed by atoms with Gasteiger partial charge in [-0.05, 0) is 63.6 Å². The van der Waals surface area contributed by atoms with Crippen LogP contribution in [0, 0.1) is 12.8 Å². The van der Waals surface area contributed by atoms with E-state index in [-0.39, 0.29) is 17.8 Å².